The molecule has 6 unspecified atom stereocenters. The molecule has 0 radical (unpaired) electrons. The summed E-state index contributed by atoms with van der Waals surface area (Å²) in [5.74, 6) is -1.98. The van der Waals surface area contributed by atoms with Crippen molar-refractivity contribution in [1.29, 1.82) is 0 Å². The van der Waals surface area contributed by atoms with Gasteiger partial charge < -0.3 is 24.1 Å². The Bertz CT molecular complexity index is 840. The average Bonchev–Trinajstić information content (AvgIpc) is 3.20. The number of allylic oxidation sites excluding steroid dienone is 1. The molecule has 152 valence electrons. The number of aliphatic hydroxyl groups excluding tert-OH is 1. The highest BCUT2D eigenvalue weighted by atomic mass is 16.7. The largest absolute Gasteiger partial charge is 0.479 e. The Kier molecular flexibility index (Phi) is 4.16. The second-order valence-electron chi connectivity index (χ2n) is 8.31. The van der Waals surface area contributed by atoms with E-state index < -0.39 is 40.9 Å². The SMILES string of the molecule is CC=C(C)C1(OC)OC2CC3(C)OC(=CC3=O)C(CO)=CC3OC(=O)C1(C)C32. The van der Waals surface area contributed by atoms with Crippen molar-refractivity contribution in [2.24, 2.45) is 11.3 Å². The molecule has 7 nitrogen and oxygen atoms in total. The van der Waals surface area contributed by atoms with Crippen LogP contribution >= 0.6 is 0 Å². The normalized spacial score (nSPS) is 44.8. The van der Waals surface area contributed by atoms with Gasteiger partial charge in [0, 0.05) is 31.1 Å². The highest BCUT2D eigenvalue weighted by Gasteiger charge is 2.75. The molecule has 4 aliphatic rings. The molecule has 0 aromatic rings. The molecular formula is C21H26O7. The van der Waals surface area contributed by atoms with Crippen LogP contribution in [-0.2, 0) is 28.5 Å². The van der Waals surface area contributed by atoms with Crippen molar-refractivity contribution in [2.45, 2.75) is 57.7 Å². The molecule has 4 aliphatic heterocycles. The van der Waals surface area contributed by atoms with Crippen molar-refractivity contribution in [1.82, 2.24) is 0 Å². The van der Waals surface area contributed by atoms with E-state index in [-0.39, 0.29) is 18.8 Å². The quantitative estimate of drug-likeness (QED) is 0.580. The second kappa shape index (κ2) is 6.02. The highest BCUT2D eigenvalue weighted by Crippen LogP contribution is 2.62. The topological polar surface area (TPSA) is 91.3 Å². The summed E-state index contributed by atoms with van der Waals surface area (Å²) in [6, 6.07) is 0. The summed E-state index contributed by atoms with van der Waals surface area (Å²) < 4.78 is 24.0. The molecule has 0 aromatic carbocycles. The van der Waals surface area contributed by atoms with Crippen molar-refractivity contribution in [3.05, 3.63) is 35.1 Å². The van der Waals surface area contributed by atoms with E-state index in [2.05, 4.69) is 0 Å². The summed E-state index contributed by atoms with van der Waals surface area (Å²) >= 11 is 0. The molecule has 4 rings (SSSR count). The fraction of sp³-hybridized carbons (Fsp3) is 0.619. The van der Waals surface area contributed by atoms with Gasteiger partial charge in [0.2, 0.25) is 11.6 Å². The van der Waals surface area contributed by atoms with Gasteiger partial charge in [0.15, 0.2) is 5.60 Å². The van der Waals surface area contributed by atoms with E-state index in [0.29, 0.717) is 11.3 Å². The number of carbonyl (C=O) groups excluding carboxylic acids is 2. The number of esters is 1. The Balaban J connectivity index is 1.93. The number of carbonyl (C=O) groups is 2. The van der Waals surface area contributed by atoms with Crippen LogP contribution in [0.15, 0.2) is 35.1 Å². The predicted octanol–water partition coefficient (Wildman–Crippen LogP) is 1.81. The maximum Gasteiger partial charge on any atom is 0.318 e. The van der Waals surface area contributed by atoms with E-state index in [0.717, 1.165) is 5.57 Å². The predicted molar refractivity (Wildman–Crippen MR) is 97.9 cm³/mol. The Labute approximate surface area is 164 Å². The summed E-state index contributed by atoms with van der Waals surface area (Å²) in [7, 11) is 1.51. The fourth-order valence-corrected chi connectivity index (χ4v) is 5.24. The third-order valence-electron chi connectivity index (χ3n) is 6.89. The molecule has 2 saturated heterocycles. The zero-order chi connectivity index (χ0) is 20.5. The van der Waals surface area contributed by atoms with Gasteiger partial charge in [0.25, 0.3) is 0 Å². The van der Waals surface area contributed by atoms with E-state index in [4.69, 9.17) is 18.9 Å². The van der Waals surface area contributed by atoms with E-state index in [1.165, 1.54) is 13.2 Å². The zero-order valence-corrected chi connectivity index (χ0v) is 16.8. The molecule has 1 N–H and O–H groups in total. The molecular weight excluding hydrogens is 364 g/mol. The number of aliphatic hydroxyl groups is 1. The number of hydrogen-bond donors (Lipinski definition) is 1. The first-order valence-electron chi connectivity index (χ1n) is 9.51. The van der Waals surface area contributed by atoms with Crippen molar-refractivity contribution in [2.75, 3.05) is 13.7 Å². The van der Waals surface area contributed by atoms with Crippen molar-refractivity contribution < 1.29 is 33.6 Å². The van der Waals surface area contributed by atoms with Gasteiger partial charge >= 0.3 is 5.97 Å². The Morgan fingerprint density at radius 2 is 2.11 bits per heavy atom. The monoisotopic (exact) mass is 390 g/mol. The second-order valence-corrected chi connectivity index (χ2v) is 8.31. The lowest BCUT2D eigenvalue weighted by atomic mass is 9.67. The maximum absolute atomic E-state index is 13.1. The lowest BCUT2D eigenvalue weighted by molar-refractivity contribution is -0.234. The number of ether oxygens (including phenoxy) is 4. The summed E-state index contributed by atoms with van der Waals surface area (Å²) in [6.07, 6.45) is 4.04. The molecule has 0 spiro atoms. The van der Waals surface area contributed by atoms with Crippen LogP contribution < -0.4 is 0 Å². The van der Waals surface area contributed by atoms with Gasteiger partial charge in [-0.15, -0.1) is 0 Å². The number of ketones is 1. The first kappa shape index (κ1) is 19.4. The van der Waals surface area contributed by atoms with Crippen molar-refractivity contribution in [3.63, 3.8) is 0 Å². The number of methoxy groups -OCH3 is 1. The van der Waals surface area contributed by atoms with Crippen molar-refractivity contribution >= 4 is 11.8 Å². The minimum atomic E-state index is -1.30. The molecule has 0 amide bonds. The first-order chi connectivity index (χ1) is 13.2. The van der Waals surface area contributed by atoms with Crippen LogP contribution in [0.1, 0.15) is 34.1 Å². The summed E-state index contributed by atoms with van der Waals surface area (Å²) in [4.78, 5) is 25.8. The average molecular weight is 390 g/mol. The third kappa shape index (κ3) is 2.15. The van der Waals surface area contributed by atoms with Gasteiger partial charge in [-0.25, -0.2) is 0 Å². The molecule has 7 heteroatoms. The molecule has 0 aromatic heterocycles. The van der Waals surface area contributed by atoms with Gasteiger partial charge in [-0.3, -0.25) is 9.59 Å². The molecule has 6 atom stereocenters. The van der Waals surface area contributed by atoms with Crippen LogP contribution in [0, 0.1) is 11.3 Å². The van der Waals surface area contributed by atoms with Gasteiger partial charge in [-0.1, -0.05) is 6.08 Å². The molecule has 2 bridgehead atoms. The molecule has 0 saturated carbocycles. The minimum absolute atomic E-state index is 0.187. The standard InChI is InChI=1S/C21H26O7/c1-6-11(2)21(25-5)20(4)17-14(26-18(20)24)7-12(10-22)13-8-16(23)19(3,27-13)9-15(17)28-21/h6-8,14-15,17,22H,9-10H2,1-5H3. The lowest BCUT2D eigenvalue weighted by Gasteiger charge is -2.38. The van der Waals surface area contributed by atoms with Crippen molar-refractivity contribution in [3.8, 4) is 0 Å². The Morgan fingerprint density at radius 3 is 2.71 bits per heavy atom. The van der Waals surface area contributed by atoms with Gasteiger partial charge in [0.05, 0.1) is 12.7 Å². The number of hydrogen-bond acceptors (Lipinski definition) is 7. The summed E-state index contributed by atoms with van der Waals surface area (Å²) in [5, 5.41) is 9.86. The number of rotatable bonds is 3. The van der Waals surface area contributed by atoms with Gasteiger partial charge in [0.1, 0.15) is 17.3 Å². The maximum atomic E-state index is 13.1. The molecule has 28 heavy (non-hydrogen) atoms. The zero-order valence-electron chi connectivity index (χ0n) is 16.8. The summed E-state index contributed by atoms with van der Waals surface area (Å²) in [6.45, 7) is 6.89. The van der Waals surface area contributed by atoms with Gasteiger partial charge in [-0.2, -0.15) is 0 Å². The smallest absolute Gasteiger partial charge is 0.318 e. The van der Waals surface area contributed by atoms with E-state index in [1.807, 2.05) is 19.9 Å². The van der Waals surface area contributed by atoms with E-state index >= 15 is 0 Å². The van der Waals surface area contributed by atoms with Crippen LogP contribution in [0.4, 0.5) is 0 Å². The van der Waals surface area contributed by atoms with E-state index in [1.54, 1.807) is 19.9 Å². The molecule has 0 aliphatic carbocycles. The minimum Gasteiger partial charge on any atom is -0.479 e. The first-order valence-corrected chi connectivity index (χ1v) is 9.51. The van der Waals surface area contributed by atoms with Crippen LogP contribution in [0.2, 0.25) is 0 Å². The van der Waals surface area contributed by atoms with E-state index in [9.17, 15) is 14.7 Å². The third-order valence-corrected chi connectivity index (χ3v) is 6.89. The molecule has 2 fully saturated rings. The van der Waals surface area contributed by atoms with Gasteiger partial charge in [-0.05, 0) is 39.3 Å². The molecule has 4 heterocycles. The fourth-order valence-electron chi connectivity index (χ4n) is 5.24. The highest BCUT2D eigenvalue weighted by molar-refractivity contribution is 6.00. The Hall–Kier alpha value is -1.96. The number of fused-ring (bicyclic) bond motifs is 2. The van der Waals surface area contributed by atoms with Crippen LogP contribution in [0.5, 0.6) is 0 Å². The van der Waals surface area contributed by atoms with Crippen LogP contribution in [0.25, 0.3) is 0 Å². The van der Waals surface area contributed by atoms with Crippen LogP contribution in [0.3, 0.4) is 0 Å². The lowest BCUT2D eigenvalue weighted by Crippen LogP contribution is -2.51. The van der Waals surface area contributed by atoms with Crippen LogP contribution in [-0.4, -0.2) is 54.2 Å². The Morgan fingerprint density at radius 1 is 1.39 bits per heavy atom. The summed E-state index contributed by atoms with van der Waals surface area (Å²) in [5.41, 5.74) is -1.06.